The average molecular weight is 390 g/mol. The number of nitrogens with one attached hydrogen (secondary N) is 1. The molecule has 150 valence electrons. The molecule has 0 aromatic heterocycles. The minimum absolute atomic E-state index is 0.0775. The number of hydrogen-bond acceptors (Lipinski definition) is 4. The molecule has 1 N–H and O–H groups in total. The Kier molecular flexibility index (Phi) is 6.68. The number of ether oxygens (including phenoxy) is 2. The van der Waals surface area contributed by atoms with E-state index in [1.165, 1.54) is 38.2 Å². The third-order valence-corrected chi connectivity index (χ3v) is 4.74. The summed E-state index contributed by atoms with van der Waals surface area (Å²) >= 11 is 0. The van der Waals surface area contributed by atoms with Crippen LogP contribution in [0.15, 0.2) is 42.5 Å². The normalized spacial score (nSPS) is 14.5. The number of carbonyl (C=O) groups excluding carboxylic acids is 1. The third kappa shape index (κ3) is 4.91. The Labute approximate surface area is 163 Å². The van der Waals surface area contributed by atoms with Gasteiger partial charge in [-0.25, -0.2) is 0 Å². The minimum atomic E-state index is -2.96. The molecule has 0 aliphatic carbocycles. The maximum absolute atomic E-state index is 12.7. The van der Waals surface area contributed by atoms with Crippen LogP contribution in [0.2, 0.25) is 0 Å². The largest absolute Gasteiger partial charge is 0.493 e. The van der Waals surface area contributed by atoms with Crippen molar-refractivity contribution < 1.29 is 23.0 Å². The molecule has 2 aromatic carbocycles. The SMILES string of the molecule is COc1cc(C(=O)Nc2ccccc2N2CCCCCC2)ccc1OC(F)F. The van der Waals surface area contributed by atoms with Gasteiger partial charge in [-0.1, -0.05) is 25.0 Å². The van der Waals surface area contributed by atoms with Gasteiger partial charge in [-0.2, -0.15) is 8.78 Å². The van der Waals surface area contributed by atoms with E-state index in [9.17, 15) is 13.6 Å². The molecule has 1 heterocycles. The highest BCUT2D eigenvalue weighted by Crippen LogP contribution is 2.31. The van der Waals surface area contributed by atoms with Gasteiger partial charge >= 0.3 is 6.61 Å². The Hall–Kier alpha value is -2.83. The topological polar surface area (TPSA) is 50.8 Å². The number of nitrogens with zero attached hydrogens (tertiary/aromatic N) is 1. The zero-order chi connectivity index (χ0) is 19.9. The summed E-state index contributed by atoms with van der Waals surface area (Å²) < 4.78 is 34.4. The summed E-state index contributed by atoms with van der Waals surface area (Å²) in [6.45, 7) is -1.05. The number of carbonyl (C=O) groups is 1. The van der Waals surface area contributed by atoms with Crippen molar-refractivity contribution in [3.8, 4) is 11.5 Å². The quantitative estimate of drug-likeness (QED) is 0.760. The summed E-state index contributed by atoms with van der Waals surface area (Å²) in [5.74, 6) is -0.378. The standard InChI is InChI=1S/C21H24F2N2O3/c1-27-19-14-15(10-11-18(19)28-21(22)23)20(26)24-16-8-4-5-9-17(16)25-12-6-2-3-7-13-25/h4-5,8-11,14,21H,2-3,6-7,12-13H2,1H3,(H,24,26). The van der Waals surface area contributed by atoms with Gasteiger partial charge in [-0.3, -0.25) is 4.79 Å². The lowest BCUT2D eigenvalue weighted by atomic mass is 10.1. The van der Waals surface area contributed by atoms with E-state index < -0.39 is 6.61 Å². The average Bonchev–Trinajstić information content (AvgIpc) is 2.97. The number of benzene rings is 2. The van der Waals surface area contributed by atoms with Crippen LogP contribution in [0.1, 0.15) is 36.0 Å². The fourth-order valence-electron chi connectivity index (χ4n) is 3.36. The van der Waals surface area contributed by atoms with Gasteiger partial charge in [0.25, 0.3) is 5.91 Å². The van der Waals surface area contributed by atoms with E-state index in [0.717, 1.165) is 37.3 Å². The van der Waals surface area contributed by atoms with Gasteiger partial charge in [-0.05, 0) is 43.2 Å². The van der Waals surface area contributed by atoms with Crippen molar-refractivity contribution in [1.82, 2.24) is 0 Å². The predicted octanol–water partition coefficient (Wildman–Crippen LogP) is 4.93. The van der Waals surface area contributed by atoms with Gasteiger partial charge in [-0.15, -0.1) is 0 Å². The van der Waals surface area contributed by atoms with Crippen molar-refractivity contribution in [1.29, 1.82) is 0 Å². The highest BCUT2D eigenvalue weighted by atomic mass is 19.3. The minimum Gasteiger partial charge on any atom is -0.493 e. The van der Waals surface area contributed by atoms with Crippen molar-refractivity contribution in [3.63, 3.8) is 0 Å². The van der Waals surface area contributed by atoms with Gasteiger partial charge in [0.1, 0.15) is 0 Å². The molecule has 5 nitrogen and oxygen atoms in total. The molecule has 1 saturated heterocycles. The van der Waals surface area contributed by atoms with Gasteiger partial charge in [0.15, 0.2) is 11.5 Å². The lowest BCUT2D eigenvalue weighted by molar-refractivity contribution is -0.0512. The fraction of sp³-hybridized carbons (Fsp3) is 0.381. The van der Waals surface area contributed by atoms with E-state index in [1.807, 2.05) is 24.3 Å². The second-order valence-corrected chi connectivity index (χ2v) is 6.62. The predicted molar refractivity (Wildman–Crippen MR) is 105 cm³/mol. The van der Waals surface area contributed by atoms with Gasteiger partial charge < -0.3 is 19.7 Å². The number of para-hydroxylation sites is 2. The summed E-state index contributed by atoms with van der Waals surface area (Å²) in [5.41, 5.74) is 2.01. The molecule has 2 aromatic rings. The number of hydrogen-bond donors (Lipinski definition) is 1. The van der Waals surface area contributed by atoms with E-state index in [0.29, 0.717) is 5.56 Å². The van der Waals surface area contributed by atoms with Crippen LogP contribution in [-0.4, -0.2) is 32.7 Å². The Morgan fingerprint density at radius 2 is 1.75 bits per heavy atom. The molecular formula is C21H24F2N2O3. The summed E-state index contributed by atoms with van der Waals surface area (Å²) in [5, 5.41) is 2.93. The Bertz CT molecular complexity index is 806. The molecular weight excluding hydrogens is 366 g/mol. The second-order valence-electron chi connectivity index (χ2n) is 6.62. The zero-order valence-electron chi connectivity index (χ0n) is 15.8. The van der Waals surface area contributed by atoms with Crippen LogP contribution in [0.25, 0.3) is 0 Å². The maximum Gasteiger partial charge on any atom is 0.387 e. The van der Waals surface area contributed by atoms with Crippen LogP contribution in [0.5, 0.6) is 11.5 Å². The summed E-state index contributed by atoms with van der Waals surface area (Å²) in [7, 11) is 1.34. The first-order valence-corrected chi connectivity index (χ1v) is 9.36. The molecule has 28 heavy (non-hydrogen) atoms. The van der Waals surface area contributed by atoms with Crippen LogP contribution in [0.3, 0.4) is 0 Å². The number of halogens is 2. The molecule has 0 saturated carbocycles. The molecule has 0 radical (unpaired) electrons. The number of methoxy groups -OCH3 is 1. The molecule has 7 heteroatoms. The molecule has 0 spiro atoms. The lowest BCUT2D eigenvalue weighted by Gasteiger charge is -2.25. The highest BCUT2D eigenvalue weighted by Gasteiger charge is 2.17. The van der Waals surface area contributed by atoms with Crippen molar-refractivity contribution in [2.75, 3.05) is 30.4 Å². The van der Waals surface area contributed by atoms with Crippen molar-refractivity contribution >= 4 is 17.3 Å². The highest BCUT2D eigenvalue weighted by molar-refractivity contribution is 6.06. The molecule has 1 fully saturated rings. The van der Waals surface area contributed by atoms with E-state index in [2.05, 4.69) is 15.0 Å². The maximum atomic E-state index is 12.7. The van der Waals surface area contributed by atoms with Crippen molar-refractivity contribution in [3.05, 3.63) is 48.0 Å². The monoisotopic (exact) mass is 390 g/mol. The second kappa shape index (κ2) is 9.39. The van der Waals surface area contributed by atoms with Crippen molar-refractivity contribution in [2.24, 2.45) is 0 Å². The number of anilines is 2. The first-order valence-electron chi connectivity index (χ1n) is 9.36. The molecule has 0 unspecified atom stereocenters. The van der Waals surface area contributed by atoms with Crippen LogP contribution in [-0.2, 0) is 0 Å². The molecule has 0 bridgehead atoms. The van der Waals surface area contributed by atoms with Crippen LogP contribution in [0, 0.1) is 0 Å². The molecule has 1 aliphatic rings. The lowest BCUT2D eigenvalue weighted by Crippen LogP contribution is -2.25. The van der Waals surface area contributed by atoms with E-state index in [1.54, 1.807) is 0 Å². The Balaban J connectivity index is 1.79. The summed E-state index contributed by atoms with van der Waals surface area (Å²) in [6, 6.07) is 11.8. The Morgan fingerprint density at radius 3 is 2.43 bits per heavy atom. The first kappa shape index (κ1) is 19.9. The fourth-order valence-corrected chi connectivity index (χ4v) is 3.36. The number of amides is 1. The van der Waals surface area contributed by atoms with E-state index >= 15 is 0 Å². The summed E-state index contributed by atoms with van der Waals surface area (Å²) in [6.07, 6.45) is 4.70. The Morgan fingerprint density at radius 1 is 1.04 bits per heavy atom. The van der Waals surface area contributed by atoms with Crippen LogP contribution >= 0.6 is 0 Å². The molecule has 1 amide bonds. The molecule has 1 aliphatic heterocycles. The van der Waals surface area contributed by atoms with Gasteiger partial charge in [0, 0.05) is 18.7 Å². The van der Waals surface area contributed by atoms with Gasteiger partial charge in [0.2, 0.25) is 0 Å². The van der Waals surface area contributed by atoms with Gasteiger partial charge in [0.05, 0.1) is 18.5 Å². The number of alkyl halides is 2. The zero-order valence-corrected chi connectivity index (χ0v) is 15.8. The van der Waals surface area contributed by atoms with Crippen molar-refractivity contribution in [2.45, 2.75) is 32.3 Å². The molecule has 3 rings (SSSR count). The summed E-state index contributed by atoms with van der Waals surface area (Å²) in [4.78, 5) is 15.0. The van der Waals surface area contributed by atoms with E-state index in [-0.39, 0.29) is 17.4 Å². The third-order valence-electron chi connectivity index (χ3n) is 4.74. The van der Waals surface area contributed by atoms with E-state index in [4.69, 9.17) is 4.74 Å². The number of rotatable bonds is 6. The van der Waals surface area contributed by atoms with Crippen LogP contribution < -0.4 is 19.7 Å². The molecule has 0 atom stereocenters. The first-order chi connectivity index (χ1) is 13.6. The smallest absolute Gasteiger partial charge is 0.387 e. The van der Waals surface area contributed by atoms with Crippen LogP contribution in [0.4, 0.5) is 20.2 Å².